The van der Waals surface area contributed by atoms with Crippen LogP contribution in [-0.4, -0.2) is 84.6 Å². The molecule has 8 atom stereocenters. The van der Waals surface area contributed by atoms with Crippen LogP contribution in [0.4, 0.5) is 0 Å². The Hall–Kier alpha value is -3.18. The summed E-state index contributed by atoms with van der Waals surface area (Å²) in [4.78, 5) is 25.1. The molecule has 10 rings (SSSR count). The van der Waals surface area contributed by atoms with Crippen LogP contribution in [-0.2, 0) is 33.3 Å². The van der Waals surface area contributed by atoms with Crippen molar-refractivity contribution in [1.82, 2.24) is 10.6 Å². The van der Waals surface area contributed by atoms with Gasteiger partial charge in [-0.15, -0.1) is 0 Å². The standard InChI is InChI=1S/2C17H19NO4/c2*1-21-11-3-2-9-8-12-17(20)5-4-10(19)15-16(17,6-7-18-12)13(9)14(11)22-15/h2*2-3,12,15,18,20H,4-8H2,1H3/t2*12?,15-,16-,17+/m10/s1. The maximum atomic E-state index is 12.6. The zero-order valence-electron chi connectivity index (χ0n) is 25.0. The summed E-state index contributed by atoms with van der Waals surface area (Å²) in [6.45, 7) is 1.60. The van der Waals surface area contributed by atoms with Crippen molar-refractivity contribution in [2.24, 2.45) is 0 Å². The average Bonchev–Trinajstić information content (AvgIpc) is 3.55. The average molecular weight is 603 g/mol. The molecule has 4 aliphatic heterocycles. The zero-order valence-corrected chi connectivity index (χ0v) is 25.0. The number of nitrogens with one attached hydrogen (secondary N) is 2. The monoisotopic (exact) mass is 602 g/mol. The van der Waals surface area contributed by atoms with E-state index in [1.165, 1.54) is 11.1 Å². The van der Waals surface area contributed by atoms with Gasteiger partial charge in [-0.05, 0) is 74.9 Å². The van der Waals surface area contributed by atoms with Gasteiger partial charge in [0.1, 0.15) is 0 Å². The molecule has 232 valence electrons. The fraction of sp³-hybridized carbons (Fsp3) is 0.588. The minimum absolute atomic E-state index is 0.00713. The van der Waals surface area contributed by atoms with Crippen molar-refractivity contribution in [3.63, 3.8) is 0 Å². The van der Waals surface area contributed by atoms with Gasteiger partial charge in [-0.3, -0.25) is 9.59 Å². The van der Waals surface area contributed by atoms with Crippen molar-refractivity contribution in [3.05, 3.63) is 46.5 Å². The van der Waals surface area contributed by atoms with Gasteiger partial charge < -0.3 is 39.8 Å². The second-order valence-corrected chi connectivity index (χ2v) is 13.9. The summed E-state index contributed by atoms with van der Waals surface area (Å²) >= 11 is 0. The molecule has 10 nitrogen and oxygen atoms in total. The highest BCUT2D eigenvalue weighted by molar-refractivity contribution is 5.91. The molecular formula is C34H38N2O8. The topological polar surface area (TPSA) is 136 Å². The van der Waals surface area contributed by atoms with E-state index in [9.17, 15) is 19.8 Å². The predicted molar refractivity (Wildman–Crippen MR) is 157 cm³/mol. The first-order chi connectivity index (χ1) is 21.2. The van der Waals surface area contributed by atoms with Crippen molar-refractivity contribution in [1.29, 1.82) is 0 Å². The van der Waals surface area contributed by atoms with Crippen LogP contribution in [0, 0.1) is 0 Å². The number of hydrogen-bond donors (Lipinski definition) is 4. The quantitative estimate of drug-likeness (QED) is 0.400. The molecule has 4 N–H and O–H groups in total. The van der Waals surface area contributed by atoms with Gasteiger partial charge in [-0.1, -0.05) is 12.1 Å². The van der Waals surface area contributed by atoms with E-state index in [1.807, 2.05) is 12.1 Å². The Kier molecular flexibility index (Phi) is 5.40. The Morgan fingerprint density at radius 1 is 0.705 bits per heavy atom. The molecular weight excluding hydrogens is 564 g/mol. The molecule has 8 aliphatic rings. The maximum Gasteiger partial charge on any atom is 0.174 e. The van der Waals surface area contributed by atoms with Crippen molar-refractivity contribution in [2.75, 3.05) is 27.3 Å². The fourth-order valence-corrected chi connectivity index (χ4v) is 10.7. The van der Waals surface area contributed by atoms with Crippen LogP contribution in [0.2, 0.25) is 0 Å². The van der Waals surface area contributed by atoms with Crippen LogP contribution in [0.5, 0.6) is 23.0 Å². The number of carbonyl (C=O) groups excluding carboxylic acids is 2. The van der Waals surface area contributed by atoms with Crippen molar-refractivity contribution >= 4 is 11.6 Å². The predicted octanol–water partition coefficient (Wildman–Crippen LogP) is 1.41. The normalized spacial score (nSPS) is 40.9. The van der Waals surface area contributed by atoms with Crippen molar-refractivity contribution < 1.29 is 38.7 Å². The van der Waals surface area contributed by atoms with Crippen LogP contribution in [0.25, 0.3) is 0 Å². The second-order valence-electron chi connectivity index (χ2n) is 13.9. The summed E-state index contributed by atoms with van der Waals surface area (Å²) < 4.78 is 23.1. The molecule has 4 bridgehead atoms. The Labute approximate surface area is 255 Å². The highest BCUT2D eigenvalue weighted by atomic mass is 16.5. The summed E-state index contributed by atoms with van der Waals surface area (Å²) in [5.41, 5.74) is 1.40. The highest BCUT2D eigenvalue weighted by Crippen LogP contribution is 2.65. The number of carbonyl (C=O) groups is 2. The van der Waals surface area contributed by atoms with Gasteiger partial charge in [-0.2, -0.15) is 0 Å². The number of ether oxygens (including phenoxy) is 4. The summed E-state index contributed by atoms with van der Waals surface area (Å²) in [6.07, 6.45) is 3.65. The zero-order chi connectivity index (χ0) is 30.2. The van der Waals surface area contributed by atoms with E-state index >= 15 is 0 Å². The van der Waals surface area contributed by atoms with Gasteiger partial charge in [0.15, 0.2) is 46.8 Å². The first-order valence-electron chi connectivity index (χ1n) is 15.9. The highest BCUT2D eigenvalue weighted by Gasteiger charge is 2.73. The van der Waals surface area contributed by atoms with Crippen LogP contribution >= 0.6 is 0 Å². The lowest BCUT2D eigenvalue weighted by Gasteiger charge is -2.59. The SMILES string of the molecule is COc1ccc2c3c1O[C@@H]1C(=O)CC[C@]4(O)C(C2)NCC[C@@]314.COc1ccc2c3c1O[C@H]1C(=O)CC[C@@]4(O)C(C2)NCC[C@]314. The molecule has 2 aromatic carbocycles. The molecule has 4 heterocycles. The van der Waals surface area contributed by atoms with Gasteiger partial charge in [-0.25, -0.2) is 0 Å². The second kappa shape index (κ2) is 8.75. The molecule has 2 aromatic rings. The van der Waals surface area contributed by atoms with Crippen molar-refractivity contribution in [2.45, 2.75) is 97.7 Å². The number of rotatable bonds is 2. The minimum atomic E-state index is -0.908. The van der Waals surface area contributed by atoms with E-state index < -0.39 is 34.2 Å². The Morgan fingerprint density at radius 2 is 1.14 bits per heavy atom. The molecule has 2 saturated heterocycles. The number of benzene rings is 2. The first-order valence-corrected chi connectivity index (χ1v) is 15.9. The van der Waals surface area contributed by atoms with Crippen LogP contribution in [0.15, 0.2) is 24.3 Å². The van der Waals surface area contributed by atoms with E-state index in [2.05, 4.69) is 22.8 Å². The Morgan fingerprint density at radius 3 is 1.55 bits per heavy atom. The number of piperidine rings is 2. The third kappa shape index (κ3) is 2.88. The minimum Gasteiger partial charge on any atom is -0.493 e. The van der Waals surface area contributed by atoms with E-state index in [0.29, 0.717) is 48.7 Å². The fourth-order valence-electron chi connectivity index (χ4n) is 10.7. The smallest absolute Gasteiger partial charge is 0.174 e. The third-order valence-corrected chi connectivity index (χ3v) is 12.6. The molecule has 44 heavy (non-hydrogen) atoms. The third-order valence-electron chi connectivity index (χ3n) is 12.6. The van der Waals surface area contributed by atoms with Gasteiger partial charge in [0.2, 0.25) is 0 Å². The number of methoxy groups -OCH3 is 2. The van der Waals surface area contributed by atoms with Crippen LogP contribution in [0.3, 0.4) is 0 Å². The number of ketones is 2. The molecule has 2 saturated carbocycles. The molecule has 0 amide bonds. The first kappa shape index (κ1) is 27.2. The van der Waals surface area contributed by atoms with Gasteiger partial charge in [0, 0.05) is 36.1 Å². The summed E-state index contributed by atoms with van der Waals surface area (Å²) in [5.74, 6) is 2.90. The summed E-state index contributed by atoms with van der Waals surface area (Å²) in [6, 6.07) is 7.92. The lowest BCUT2D eigenvalue weighted by atomic mass is 9.49. The molecule has 2 spiro atoms. The molecule has 4 aliphatic carbocycles. The lowest BCUT2D eigenvalue weighted by Crippen LogP contribution is -2.76. The number of hydrogen-bond acceptors (Lipinski definition) is 10. The molecule has 0 aromatic heterocycles. The van der Waals surface area contributed by atoms with Crippen LogP contribution in [0.1, 0.15) is 60.8 Å². The lowest BCUT2D eigenvalue weighted by molar-refractivity contribution is -0.166. The summed E-state index contributed by atoms with van der Waals surface area (Å²) in [7, 11) is 3.23. The number of Topliss-reactive ketones (excluding diaryl/α,β-unsaturated/α-hetero) is 2. The van der Waals surface area contributed by atoms with Crippen LogP contribution < -0.4 is 29.6 Å². The summed E-state index contributed by atoms with van der Waals surface area (Å²) in [5, 5.41) is 30.0. The molecule has 0 radical (unpaired) electrons. The van der Waals surface area contributed by atoms with E-state index in [4.69, 9.17) is 18.9 Å². The molecule has 4 fully saturated rings. The Bertz CT molecular complexity index is 1520. The molecule has 2 unspecified atom stereocenters. The van der Waals surface area contributed by atoms with E-state index in [-0.39, 0.29) is 23.7 Å². The molecule has 10 heteroatoms. The maximum absolute atomic E-state index is 12.6. The van der Waals surface area contributed by atoms with E-state index in [1.54, 1.807) is 14.2 Å². The van der Waals surface area contributed by atoms with Crippen molar-refractivity contribution in [3.8, 4) is 23.0 Å². The largest absolute Gasteiger partial charge is 0.493 e. The Balaban J connectivity index is 0.000000123. The van der Waals surface area contributed by atoms with Gasteiger partial charge in [0.05, 0.1) is 36.3 Å². The van der Waals surface area contributed by atoms with Gasteiger partial charge >= 0.3 is 0 Å². The number of aliphatic hydroxyl groups is 2. The van der Waals surface area contributed by atoms with Gasteiger partial charge in [0.25, 0.3) is 0 Å². The van der Waals surface area contributed by atoms with E-state index in [0.717, 1.165) is 49.9 Å².